The molecule has 0 atom stereocenters. The number of thiophene rings is 4. The van der Waals surface area contributed by atoms with E-state index in [2.05, 4.69) is 35.0 Å². The van der Waals surface area contributed by atoms with Crippen molar-refractivity contribution in [2.75, 3.05) is 0 Å². The van der Waals surface area contributed by atoms with Gasteiger partial charge < -0.3 is 0 Å². The Balaban J connectivity index is 1.44. The first kappa shape index (κ1) is 18.2. The molecule has 0 saturated heterocycles. The highest BCUT2D eigenvalue weighted by molar-refractivity contribution is 9.11. The second-order valence-electron chi connectivity index (χ2n) is 7.91. The molecule has 0 radical (unpaired) electrons. The lowest BCUT2D eigenvalue weighted by molar-refractivity contribution is -0.122. The standard InChI is InChI=1S/C23H9BrN2O2S4/c1-8-6-11-18(29-8)9-2-4-25-16(20(9)30-11)14-15(23(25)28)17-21-10(3-5-26(17)22(14)27)19-12(31-21)7-13(24)32-19/h2-7H,1H3. The van der Waals surface area contributed by atoms with Crippen molar-refractivity contribution in [3.63, 3.8) is 0 Å². The minimum absolute atomic E-state index is 0.116. The lowest BCUT2D eigenvalue weighted by atomic mass is 10.0. The summed E-state index contributed by atoms with van der Waals surface area (Å²) < 4.78 is 5.88. The van der Waals surface area contributed by atoms with Gasteiger partial charge in [0.2, 0.25) is 0 Å². The van der Waals surface area contributed by atoms with Crippen LogP contribution in [-0.2, 0) is 9.59 Å². The van der Waals surface area contributed by atoms with Crippen LogP contribution in [0.2, 0.25) is 0 Å². The van der Waals surface area contributed by atoms with Gasteiger partial charge in [-0.2, -0.15) is 0 Å². The van der Waals surface area contributed by atoms with Gasteiger partial charge in [0.25, 0.3) is 11.8 Å². The van der Waals surface area contributed by atoms with Crippen LogP contribution in [0.5, 0.6) is 0 Å². The molecule has 2 amide bonds. The number of nitrogens with zero attached hydrogens (tertiary/aromatic N) is 2. The maximum Gasteiger partial charge on any atom is 0.265 e. The van der Waals surface area contributed by atoms with E-state index in [0.29, 0.717) is 11.1 Å². The molecular weight excluding hydrogens is 544 g/mol. The Kier molecular flexibility index (Phi) is 3.28. The van der Waals surface area contributed by atoms with Crippen molar-refractivity contribution < 1.29 is 9.59 Å². The topological polar surface area (TPSA) is 40.6 Å². The number of carbonyl (C=O) groups excluding carboxylic acids is 2. The number of hydrogen-bond donors (Lipinski definition) is 0. The van der Waals surface area contributed by atoms with Gasteiger partial charge in [0.15, 0.2) is 0 Å². The number of fused-ring (bicyclic) bond motifs is 11. The van der Waals surface area contributed by atoms with Gasteiger partial charge >= 0.3 is 0 Å². The second-order valence-corrected chi connectivity index (χ2v) is 13.7. The molecule has 0 fully saturated rings. The van der Waals surface area contributed by atoms with Crippen LogP contribution in [0.3, 0.4) is 0 Å². The average molecular weight is 554 g/mol. The quantitative estimate of drug-likeness (QED) is 0.233. The van der Waals surface area contributed by atoms with Gasteiger partial charge in [-0.1, -0.05) is 0 Å². The van der Waals surface area contributed by atoms with E-state index < -0.39 is 0 Å². The molecule has 0 saturated carbocycles. The fourth-order valence-electron chi connectivity index (χ4n) is 4.92. The zero-order chi connectivity index (χ0) is 21.5. The van der Waals surface area contributed by atoms with Gasteiger partial charge in [-0.15, -0.1) is 45.3 Å². The number of hydrogen-bond acceptors (Lipinski definition) is 6. The van der Waals surface area contributed by atoms with Crippen molar-refractivity contribution in [3.8, 4) is 0 Å². The van der Waals surface area contributed by atoms with Crippen molar-refractivity contribution >= 4 is 115 Å². The average Bonchev–Trinajstić information content (AvgIpc) is 3.55. The molecule has 0 spiro atoms. The summed E-state index contributed by atoms with van der Waals surface area (Å²) in [7, 11) is 0. The van der Waals surface area contributed by atoms with E-state index in [0.717, 1.165) is 36.1 Å². The maximum absolute atomic E-state index is 13.6. The Labute approximate surface area is 205 Å². The second kappa shape index (κ2) is 5.78. The number of rotatable bonds is 0. The molecule has 4 aromatic heterocycles. The summed E-state index contributed by atoms with van der Waals surface area (Å²) in [5.41, 5.74) is 4.78. The molecular formula is C23H9BrN2O2S4. The van der Waals surface area contributed by atoms with Crippen LogP contribution in [0.1, 0.15) is 25.8 Å². The third-order valence-corrected chi connectivity index (χ3v) is 11.5. The molecule has 0 unspecified atom stereocenters. The summed E-state index contributed by atoms with van der Waals surface area (Å²) in [5.74, 6) is -0.232. The summed E-state index contributed by atoms with van der Waals surface area (Å²) in [4.78, 5) is 33.9. The first-order valence-corrected chi connectivity index (χ1v) is 13.8. The predicted octanol–water partition coefficient (Wildman–Crippen LogP) is 7.09. The molecule has 32 heavy (non-hydrogen) atoms. The van der Waals surface area contributed by atoms with Crippen LogP contribution in [0.25, 0.3) is 42.3 Å². The monoisotopic (exact) mass is 552 g/mol. The lowest BCUT2D eigenvalue weighted by Crippen LogP contribution is -2.25. The Hall–Kier alpha value is -2.30. The molecule has 8 rings (SSSR count). The van der Waals surface area contributed by atoms with E-state index in [9.17, 15) is 9.59 Å². The molecule has 4 aromatic rings. The zero-order valence-corrected chi connectivity index (χ0v) is 21.0. The number of aryl methyl sites for hydroxylation is 1. The van der Waals surface area contributed by atoms with Crippen molar-refractivity contribution in [1.82, 2.24) is 9.80 Å². The van der Waals surface area contributed by atoms with Crippen LogP contribution in [-0.4, -0.2) is 21.6 Å². The van der Waals surface area contributed by atoms with Crippen LogP contribution >= 0.6 is 61.3 Å². The zero-order valence-electron chi connectivity index (χ0n) is 16.2. The minimum atomic E-state index is -0.116. The third-order valence-electron chi connectivity index (χ3n) is 6.17. The van der Waals surface area contributed by atoms with E-state index in [-0.39, 0.29) is 11.8 Å². The highest BCUT2D eigenvalue weighted by atomic mass is 79.9. The highest BCUT2D eigenvalue weighted by Crippen LogP contribution is 2.55. The molecule has 4 nitrogen and oxygen atoms in total. The van der Waals surface area contributed by atoms with Gasteiger partial charge in [-0.05, 0) is 47.1 Å². The number of halogens is 1. The molecule has 0 aliphatic carbocycles. The summed E-state index contributed by atoms with van der Waals surface area (Å²) in [5, 5.41) is 0. The molecule has 8 heterocycles. The summed E-state index contributed by atoms with van der Waals surface area (Å²) in [6.07, 6.45) is 7.68. The van der Waals surface area contributed by atoms with Gasteiger partial charge in [0.1, 0.15) is 0 Å². The molecule has 4 aliphatic heterocycles. The van der Waals surface area contributed by atoms with Crippen LogP contribution in [0.4, 0.5) is 0 Å². The Morgan fingerprint density at radius 3 is 1.88 bits per heavy atom. The number of carbonyl (C=O) groups is 2. The molecule has 154 valence electrons. The van der Waals surface area contributed by atoms with Gasteiger partial charge in [0, 0.05) is 37.8 Å². The SMILES string of the molecule is Cc1cc2sc3c(c2s1)C=CN1C(=O)C2=C4c5sc6cc(Br)sc6c5C=CN4C(=O)C2=C31. The molecule has 9 heteroatoms. The van der Waals surface area contributed by atoms with Crippen LogP contribution in [0.15, 0.2) is 39.5 Å². The van der Waals surface area contributed by atoms with Gasteiger partial charge in [0.05, 0.1) is 45.5 Å². The molecule has 0 aromatic carbocycles. The summed E-state index contributed by atoms with van der Waals surface area (Å²) in [6.45, 7) is 2.11. The Morgan fingerprint density at radius 2 is 1.28 bits per heavy atom. The number of amides is 2. The fourth-order valence-corrected chi connectivity index (χ4v) is 10.7. The minimum Gasteiger partial charge on any atom is -0.281 e. The lowest BCUT2D eigenvalue weighted by Gasteiger charge is -2.24. The first-order valence-electron chi connectivity index (χ1n) is 9.79. The first-order chi connectivity index (χ1) is 15.5. The molecule has 0 bridgehead atoms. The summed E-state index contributed by atoms with van der Waals surface area (Å²) in [6, 6.07) is 4.30. The van der Waals surface area contributed by atoms with E-state index >= 15 is 0 Å². The maximum atomic E-state index is 13.6. The van der Waals surface area contributed by atoms with E-state index in [1.807, 2.05) is 24.6 Å². The smallest absolute Gasteiger partial charge is 0.265 e. The van der Waals surface area contributed by atoms with Gasteiger partial charge in [-0.3, -0.25) is 19.4 Å². The molecule has 4 aliphatic rings. The van der Waals surface area contributed by atoms with Crippen molar-refractivity contribution in [1.29, 1.82) is 0 Å². The van der Waals surface area contributed by atoms with Crippen molar-refractivity contribution in [2.24, 2.45) is 0 Å². The van der Waals surface area contributed by atoms with Crippen LogP contribution < -0.4 is 0 Å². The largest absolute Gasteiger partial charge is 0.281 e. The normalized spacial score (nSPS) is 18.4. The van der Waals surface area contributed by atoms with Gasteiger partial charge in [-0.25, -0.2) is 0 Å². The predicted molar refractivity (Wildman–Crippen MR) is 137 cm³/mol. The molecule has 0 N–H and O–H groups in total. The van der Waals surface area contributed by atoms with Crippen LogP contribution in [0, 0.1) is 6.92 Å². The summed E-state index contributed by atoms with van der Waals surface area (Å²) >= 11 is 10.3. The van der Waals surface area contributed by atoms with E-state index in [1.54, 1.807) is 55.1 Å². The van der Waals surface area contributed by atoms with E-state index in [1.165, 1.54) is 23.7 Å². The van der Waals surface area contributed by atoms with E-state index in [4.69, 9.17) is 0 Å². The third kappa shape index (κ3) is 1.99. The Morgan fingerprint density at radius 1 is 0.750 bits per heavy atom. The highest BCUT2D eigenvalue weighted by Gasteiger charge is 2.51. The fraction of sp³-hybridized carbons (Fsp3) is 0.0435. The van der Waals surface area contributed by atoms with Crippen molar-refractivity contribution in [3.05, 3.63) is 65.2 Å². The van der Waals surface area contributed by atoms with Crippen molar-refractivity contribution in [2.45, 2.75) is 6.92 Å². The Bertz CT molecular complexity index is 1620.